The molecule has 0 aliphatic carbocycles. The Labute approximate surface area is 77.0 Å². The van der Waals surface area contributed by atoms with Gasteiger partial charge in [0, 0.05) is 10.5 Å². The van der Waals surface area contributed by atoms with Gasteiger partial charge in [-0.2, -0.15) is 0 Å². The number of hydrogen-bond donors (Lipinski definition) is 0. The molecular weight excluding hydrogens is 176 g/mol. The molecule has 0 aromatic heterocycles. The van der Waals surface area contributed by atoms with Crippen molar-refractivity contribution in [3.05, 3.63) is 0 Å². The van der Waals surface area contributed by atoms with E-state index in [0.29, 0.717) is 22.7 Å². The van der Waals surface area contributed by atoms with Gasteiger partial charge in [-0.05, 0) is 27.7 Å². The molecule has 3 atom stereocenters. The Morgan fingerprint density at radius 1 is 1.09 bits per heavy atom. The molecule has 0 spiro atoms. The third-order valence-electron chi connectivity index (χ3n) is 1.71. The highest BCUT2D eigenvalue weighted by molar-refractivity contribution is 8.77. The molecule has 3 heteroatoms. The summed E-state index contributed by atoms with van der Waals surface area (Å²) in [5, 5.41) is 1.30. The van der Waals surface area contributed by atoms with Crippen LogP contribution in [0.3, 0.4) is 0 Å². The minimum atomic E-state index is 0.365. The minimum Gasteiger partial charge on any atom is -0.373 e. The minimum absolute atomic E-state index is 0.365. The van der Waals surface area contributed by atoms with Crippen molar-refractivity contribution in [1.29, 1.82) is 0 Å². The topological polar surface area (TPSA) is 9.23 Å². The monoisotopic (exact) mass is 192 g/mol. The number of rotatable bonds is 2. The molecule has 11 heavy (non-hydrogen) atoms. The average Bonchev–Trinajstić information content (AvgIpc) is 2.18. The Morgan fingerprint density at radius 3 is 1.91 bits per heavy atom. The molecule has 1 aliphatic heterocycles. The molecule has 0 aromatic carbocycles. The first kappa shape index (κ1) is 9.75. The molecular formula is C8H16OS2. The Balaban J connectivity index is 2.41. The molecule has 1 unspecified atom stereocenters. The predicted octanol–water partition coefficient (Wildman–Crippen LogP) is 2.95. The van der Waals surface area contributed by atoms with Crippen LogP contribution in [0.1, 0.15) is 27.7 Å². The molecule has 0 bridgehead atoms. The molecule has 1 aliphatic rings. The molecule has 0 aromatic rings. The highest BCUT2D eigenvalue weighted by Crippen LogP contribution is 2.44. The van der Waals surface area contributed by atoms with E-state index in [1.165, 1.54) is 0 Å². The summed E-state index contributed by atoms with van der Waals surface area (Å²) in [6.07, 6.45) is 0.814. The van der Waals surface area contributed by atoms with Crippen molar-refractivity contribution in [2.45, 2.75) is 50.4 Å². The summed E-state index contributed by atoms with van der Waals surface area (Å²) in [5.41, 5.74) is 0. The molecule has 1 fully saturated rings. The Bertz CT molecular complexity index is 117. The van der Waals surface area contributed by atoms with E-state index in [2.05, 4.69) is 27.7 Å². The Hall–Kier alpha value is 0.660. The second-order valence-corrected chi connectivity index (χ2v) is 6.28. The van der Waals surface area contributed by atoms with Crippen LogP contribution >= 0.6 is 21.6 Å². The largest absolute Gasteiger partial charge is 0.373 e. The second-order valence-electron chi connectivity index (χ2n) is 3.25. The molecule has 1 rings (SSSR count). The highest BCUT2D eigenvalue weighted by atomic mass is 33.1. The van der Waals surface area contributed by atoms with E-state index in [-0.39, 0.29) is 0 Å². The van der Waals surface area contributed by atoms with Gasteiger partial charge in [0.25, 0.3) is 0 Å². The lowest BCUT2D eigenvalue weighted by Gasteiger charge is -2.21. The zero-order valence-electron chi connectivity index (χ0n) is 7.53. The predicted molar refractivity (Wildman–Crippen MR) is 54.1 cm³/mol. The summed E-state index contributed by atoms with van der Waals surface area (Å²) < 4.78 is 5.79. The SMILES string of the molecule is CC(C)OC1[C@H](C)SS[C@@H]1C. The molecule has 0 radical (unpaired) electrons. The van der Waals surface area contributed by atoms with E-state index in [9.17, 15) is 0 Å². The van der Waals surface area contributed by atoms with Crippen molar-refractivity contribution >= 4 is 21.6 Å². The van der Waals surface area contributed by atoms with Crippen molar-refractivity contribution in [3.8, 4) is 0 Å². The van der Waals surface area contributed by atoms with E-state index >= 15 is 0 Å². The van der Waals surface area contributed by atoms with Gasteiger partial charge in [-0.15, -0.1) is 0 Å². The zero-order valence-corrected chi connectivity index (χ0v) is 9.17. The van der Waals surface area contributed by atoms with Crippen LogP contribution < -0.4 is 0 Å². The van der Waals surface area contributed by atoms with Crippen LogP contribution in [0, 0.1) is 0 Å². The van der Waals surface area contributed by atoms with E-state index in [4.69, 9.17) is 4.74 Å². The molecule has 1 saturated heterocycles. The fourth-order valence-electron chi connectivity index (χ4n) is 1.20. The molecule has 1 nitrogen and oxygen atoms in total. The Kier molecular flexibility index (Phi) is 3.59. The van der Waals surface area contributed by atoms with Crippen molar-refractivity contribution in [1.82, 2.24) is 0 Å². The first-order valence-electron chi connectivity index (χ1n) is 4.09. The van der Waals surface area contributed by atoms with Crippen molar-refractivity contribution < 1.29 is 4.74 Å². The van der Waals surface area contributed by atoms with Crippen molar-refractivity contribution in [2.75, 3.05) is 0 Å². The summed E-state index contributed by atoms with van der Waals surface area (Å²) in [7, 11) is 3.89. The maximum Gasteiger partial charge on any atom is 0.0826 e. The lowest BCUT2D eigenvalue weighted by molar-refractivity contribution is 0.0123. The first-order chi connectivity index (χ1) is 5.11. The summed E-state index contributed by atoms with van der Waals surface area (Å²) in [4.78, 5) is 0. The summed E-state index contributed by atoms with van der Waals surface area (Å²) in [6.45, 7) is 8.70. The maximum absolute atomic E-state index is 5.79. The maximum atomic E-state index is 5.79. The van der Waals surface area contributed by atoms with Crippen LogP contribution in [0.15, 0.2) is 0 Å². The fourth-order valence-corrected chi connectivity index (χ4v) is 4.18. The van der Waals surface area contributed by atoms with Crippen LogP contribution in [-0.4, -0.2) is 22.7 Å². The molecule has 66 valence electrons. The van der Waals surface area contributed by atoms with E-state index in [1.54, 1.807) is 0 Å². The van der Waals surface area contributed by atoms with Crippen LogP contribution in [-0.2, 0) is 4.74 Å². The standard InChI is InChI=1S/C8H16OS2/c1-5(2)9-8-6(3)10-11-7(8)4/h5-8H,1-4H3/t6-,7+,8?. The number of ether oxygens (including phenoxy) is 1. The third kappa shape index (κ3) is 2.56. The molecule has 0 amide bonds. The highest BCUT2D eigenvalue weighted by Gasteiger charge is 2.33. The van der Waals surface area contributed by atoms with Gasteiger partial charge in [0.15, 0.2) is 0 Å². The summed E-state index contributed by atoms with van der Waals surface area (Å²) in [5.74, 6) is 0. The lowest BCUT2D eigenvalue weighted by atomic mass is 10.2. The van der Waals surface area contributed by atoms with Gasteiger partial charge in [0.05, 0.1) is 12.2 Å². The van der Waals surface area contributed by atoms with Crippen LogP contribution in [0.25, 0.3) is 0 Å². The normalized spacial score (nSPS) is 38.5. The van der Waals surface area contributed by atoms with Crippen LogP contribution in [0.5, 0.6) is 0 Å². The van der Waals surface area contributed by atoms with Gasteiger partial charge in [-0.3, -0.25) is 0 Å². The van der Waals surface area contributed by atoms with E-state index < -0.39 is 0 Å². The van der Waals surface area contributed by atoms with Gasteiger partial charge in [-0.1, -0.05) is 21.6 Å². The van der Waals surface area contributed by atoms with Crippen LogP contribution in [0.2, 0.25) is 0 Å². The van der Waals surface area contributed by atoms with Gasteiger partial charge < -0.3 is 4.74 Å². The third-order valence-corrected chi connectivity index (χ3v) is 5.12. The van der Waals surface area contributed by atoms with Crippen molar-refractivity contribution in [3.63, 3.8) is 0 Å². The Morgan fingerprint density at radius 2 is 1.55 bits per heavy atom. The van der Waals surface area contributed by atoms with E-state index in [1.807, 2.05) is 21.6 Å². The van der Waals surface area contributed by atoms with Gasteiger partial charge >= 0.3 is 0 Å². The molecule has 0 N–H and O–H groups in total. The van der Waals surface area contributed by atoms with Crippen molar-refractivity contribution in [2.24, 2.45) is 0 Å². The van der Waals surface area contributed by atoms with Crippen LogP contribution in [0.4, 0.5) is 0 Å². The number of hydrogen-bond acceptors (Lipinski definition) is 3. The average molecular weight is 192 g/mol. The second kappa shape index (κ2) is 4.06. The van der Waals surface area contributed by atoms with Gasteiger partial charge in [-0.25, -0.2) is 0 Å². The van der Waals surface area contributed by atoms with E-state index in [0.717, 1.165) is 0 Å². The molecule has 0 saturated carbocycles. The molecule has 1 heterocycles. The quantitative estimate of drug-likeness (QED) is 0.623. The first-order valence-corrected chi connectivity index (χ1v) is 6.36. The summed E-state index contributed by atoms with van der Waals surface area (Å²) in [6, 6.07) is 0. The van der Waals surface area contributed by atoms with Gasteiger partial charge in [0.2, 0.25) is 0 Å². The smallest absolute Gasteiger partial charge is 0.0826 e. The summed E-state index contributed by atoms with van der Waals surface area (Å²) >= 11 is 0. The zero-order chi connectivity index (χ0) is 8.43. The fraction of sp³-hybridized carbons (Fsp3) is 1.00. The lowest BCUT2D eigenvalue weighted by Crippen LogP contribution is -2.30. The van der Waals surface area contributed by atoms with Gasteiger partial charge in [0.1, 0.15) is 0 Å².